The molecule has 0 aliphatic carbocycles. The van der Waals surface area contributed by atoms with Gasteiger partial charge < -0.3 is 0 Å². The number of hydrogen-bond donors (Lipinski definition) is 0. The number of nitro groups is 1. The van der Waals surface area contributed by atoms with Crippen molar-refractivity contribution in [3.63, 3.8) is 0 Å². The van der Waals surface area contributed by atoms with Crippen molar-refractivity contribution < 1.29 is 17.7 Å². The van der Waals surface area contributed by atoms with Crippen LogP contribution in [0.15, 0.2) is 83.8 Å². The molecule has 0 saturated carbocycles. The van der Waals surface area contributed by atoms with Gasteiger partial charge in [-0.1, -0.05) is 48.0 Å². The summed E-state index contributed by atoms with van der Waals surface area (Å²) in [5, 5.41) is 10.9. The number of para-hydroxylation sites is 1. The Morgan fingerprint density at radius 3 is 2.27 bits per heavy atom. The third-order valence-electron chi connectivity index (χ3n) is 4.67. The maximum atomic E-state index is 14.8. The van der Waals surface area contributed by atoms with E-state index in [-0.39, 0.29) is 23.5 Å². The Morgan fingerprint density at radius 2 is 1.67 bits per heavy atom. The summed E-state index contributed by atoms with van der Waals surface area (Å²) in [7, 11) is -4.04. The number of aryl methyl sites for hydroxylation is 1. The van der Waals surface area contributed by atoms with Gasteiger partial charge in [-0.3, -0.25) is 14.4 Å². The molecule has 0 amide bonds. The molecule has 1 atom stereocenters. The molecule has 0 saturated heterocycles. The molecule has 0 bridgehead atoms. The highest BCUT2D eigenvalue weighted by Gasteiger charge is 2.26. The molecule has 0 unspecified atom stereocenters. The number of hydrogen-bond acceptors (Lipinski definition) is 4. The van der Waals surface area contributed by atoms with Gasteiger partial charge in [0.2, 0.25) is 0 Å². The molecule has 0 aliphatic rings. The SMILES string of the molecule is Cc1cccc([C@H](F)CCN(c2ccccc2)S(=O)(=O)c2ccc([N+](=O)[O-])cc2)c1. The van der Waals surface area contributed by atoms with E-state index in [4.69, 9.17) is 0 Å². The molecule has 6 nitrogen and oxygen atoms in total. The van der Waals surface area contributed by atoms with Gasteiger partial charge >= 0.3 is 0 Å². The molecule has 0 radical (unpaired) electrons. The van der Waals surface area contributed by atoms with Crippen molar-refractivity contribution in [3.8, 4) is 0 Å². The summed E-state index contributed by atoms with van der Waals surface area (Å²) in [6.45, 7) is 1.78. The number of non-ortho nitro benzene ring substituents is 1. The minimum atomic E-state index is -4.04. The van der Waals surface area contributed by atoms with E-state index in [1.807, 2.05) is 13.0 Å². The number of rotatable bonds is 8. The molecule has 0 spiro atoms. The zero-order chi connectivity index (χ0) is 21.7. The number of benzene rings is 3. The van der Waals surface area contributed by atoms with Crippen LogP contribution >= 0.6 is 0 Å². The van der Waals surface area contributed by atoms with Crippen LogP contribution in [0.1, 0.15) is 23.7 Å². The van der Waals surface area contributed by atoms with Crippen molar-refractivity contribution in [2.45, 2.75) is 24.4 Å². The Balaban J connectivity index is 1.89. The maximum absolute atomic E-state index is 14.8. The van der Waals surface area contributed by atoms with Crippen LogP contribution in [-0.2, 0) is 10.0 Å². The molecule has 3 rings (SSSR count). The van der Waals surface area contributed by atoms with Crippen LogP contribution in [0.3, 0.4) is 0 Å². The smallest absolute Gasteiger partial charge is 0.266 e. The summed E-state index contributed by atoms with van der Waals surface area (Å²) >= 11 is 0. The number of nitro benzene ring substituents is 1. The van der Waals surface area contributed by atoms with E-state index < -0.39 is 21.1 Å². The predicted octanol–water partition coefficient (Wildman–Crippen LogP) is 5.20. The van der Waals surface area contributed by atoms with Crippen LogP contribution in [0, 0.1) is 17.0 Å². The average Bonchev–Trinajstić information content (AvgIpc) is 2.74. The van der Waals surface area contributed by atoms with Crippen LogP contribution in [0.25, 0.3) is 0 Å². The molecule has 0 N–H and O–H groups in total. The Morgan fingerprint density at radius 1 is 1.00 bits per heavy atom. The zero-order valence-electron chi connectivity index (χ0n) is 16.3. The number of halogens is 1. The number of anilines is 1. The van der Waals surface area contributed by atoms with Crippen molar-refractivity contribution in [1.82, 2.24) is 0 Å². The first kappa shape index (κ1) is 21.4. The largest absolute Gasteiger partial charge is 0.269 e. The molecule has 8 heteroatoms. The topological polar surface area (TPSA) is 80.5 Å². The lowest BCUT2D eigenvalue weighted by atomic mass is 10.1. The first-order valence-corrected chi connectivity index (χ1v) is 10.8. The lowest BCUT2D eigenvalue weighted by Gasteiger charge is -2.25. The van der Waals surface area contributed by atoms with Crippen LogP contribution in [0.5, 0.6) is 0 Å². The fourth-order valence-corrected chi connectivity index (χ4v) is 4.59. The Kier molecular flexibility index (Phi) is 6.47. The van der Waals surface area contributed by atoms with Gasteiger partial charge in [-0.25, -0.2) is 12.8 Å². The highest BCUT2D eigenvalue weighted by atomic mass is 32.2. The highest BCUT2D eigenvalue weighted by molar-refractivity contribution is 7.92. The Bertz CT molecular complexity index is 1120. The van der Waals surface area contributed by atoms with Crippen molar-refractivity contribution in [3.05, 3.63) is 100 Å². The first-order chi connectivity index (χ1) is 14.3. The van der Waals surface area contributed by atoms with Gasteiger partial charge in [-0.05, 0) is 36.8 Å². The average molecular weight is 428 g/mol. The first-order valence-electron chi connectivity index (χ1n) is 9.32. The highest BCUT2D eigenvalue weighted by Crippen LogP contribution is 2.28. The van der Waals surface area contributed by atoms with Gasteiger partial charge in [0, 0.05) is 25.1 Å². The summed E-state index contributed by atoms with van der Waals surface area (Å²) < 4.78 is 42.5. The van der Waals surface area contributed by atoms with Gasteiger partial charge in [-0.15, -0.1) is 0 Å². The van der Waals surface area contributed by atoms with Gasteiger partial charge in [0.05, 0.1) is 15.5 Å². The predicted molar refractivity (Wildman–Crippen MR) is 114 cm³/mol. The van der Waals surface area contributed by atoms with Crippen LogP contribution < -0.4 is 4.31 Å². The Labute approximate surface area is 174 Å². The third kappa shape index (κ3) is 4.83. The lowest BCUT2D eigenvalue weighted by molar-refractivity contribution is -0.384. The number of nitrogens with zero attached hydrogens (tertiary/aromatic N) is 2. The Hall–Kier alpha value is -3.26. The van der Waals surface area contributed by atoms with Crippen molar-refractivity contribution in [2.24, 2.45) is 0 Å². The molecule has 0 heterocycles. The van der Waals surface area contributed by atoms with Crippen LogP contribution in [0.2, 0.25) is 0 Å². The minimum absolute atomic E-state index is 0.0371. The van der Waals surface area contributed by atoms with E-state index in [0.717, 1.165) is 22.0 Å². The van der Waals surface area contributed by atoms with Gasteiger partial charge in [0.15, 0.2) is 0 Å². The molecule has 0 fully saturated rings. The van der Waals surface area contributed by atoms with E-state index in [0.29, 0.717) is 11.3 Å². The summed E-state index contributed by atoms with van der Waals surface area (Å²) in [4.78, 5) is 10.2. The van der Waals surface area contributed by atoms with Gasteiger partial charge in [-0.2, -0.15) is 0 Å². The molecular weight excluding hydrogens is 407 g/mol. The molecule has 3 aromatic rings. The van der Waals surface area contributed by atoms with E-state index in [1.54, 1.807) is 48.5 Å². The van der Waals surface area contributed by atoms with E-state index >= 15 is 0 Å². The number of alkyl halides is 1. The minimum Gasteiger partial charge on any atom is -0.266 e. The van der Waals surface area contributed by atoms with Crippen molar-refractivity contribution in [1.29, 1.82) is 0 Å². The molecule has 0 aliphatic heterocycles. The molecule has 3 aromatic carbocycles. The lowest BCUT2D eigenvalue weighted by Crippen LogP contribution is -2.32. The van der Waals surface area contributed by atoms with Crippen LogP contribution in [-0.4, -0.2) is 19.9 Å². The fourth-order valence-electron chi connectivity index (χ4n) is 3.11. The quantitative estimate of drug-likeness (QED) is 0.365. The normalized spacial score (nSPS) is 12.3. The van der Waals surface area contributed by atoms with Gasteiger partial charge in [0.25, 0.3) is 15.7 Å². The van der Waals surface area contributed by atoms with Crippen LogP contribution in [0.4, 0.5) is 15.8 Å². The second-order valence-corrected chi connectivity index (χ2v) is 8.70. The second-order valence-electron chi connectivity index (χ2n) is 6.83. The maximum Gasteiger partial charge on any atom is 0.269 e. The van der Waals surface area contributed by atoms with E-state index in [2.05, 4.69) is 0 Å². The van der Waals surface area contributed by atoms with Crippen molar-refractivity contribution >= 4 is 21.4 Å². The monoisotopic (exact) mass is 428 g/mol. The summed E-state index contributed by atoms with van der Waals surface area (Å²) in [5.41, 5.74) is 1.61. The second kappa shape index (κ2) is 9.04. The van der Waals surface area contributed by atoms with E-state index in [1.165, 1.54) is 12.1 Å². The molecule has 30 heavy (non-hydrogen) atoms. The summed E-state index contributed by atoms with van der Waals surface area (Å²) in [6, 6.07) is 20.1. The summed E-state index contributed by atoms with van der Waals surface area (Å²) in [6.07, 6.45) is -1.37. The fraction of sp³-hybridized carbons (Fsp3) is 0.182. The number of sulfonamides is 1. The van der Waals surface area contributed by atoms with E-state index in [9.17, 15) is 22.9 Å². The molecule has 156 valence electrons. The summed E-state index contributed by atoms with van der Waals surface area (Å²) in [5.74, 6) is 0. The van der Waals surface area contributed by atoms with Crippen molar-refractivity contribution in [2.75, 3.05) is 10.8 Å². The third-order valence-corrected chi connectivity index (χ3v) is 6.51. The standard InChI is InChI=1S/C22H21FN2O4S/c1-17-6-5-7-18(16-17)22(23)14-15-24(19-8-3-2-4-9-19)30(28,29)21-12-10-20(11-13-21)25(26)27/h2-13,16,22H,14-15H2,1H3/t22-/m1/s1. The zero-order valence-corrected chi connectivity index (χ0v) is 17.1. The van der Waals surface area contributed by atoms with Gasteiger partial charge in [0.1, 0.15) is 6.17 Å². The molecule has 0 aromatic heterocycles. The molecular formula is C22H21FN2O4S.